The third-order valence-corrected chi connectivity index (χ3v) is 4.83. The van der Waals surface area contributed by atoms with Gasteiger partial charge in [-0.25, -0.2) is 0 Å². The number of fused-ring (bicyclic) bond motifs is 3. The molecule has 0 N–H and O–H groups in total. The maximum Gasteiger partial charge on any atom is 0.0994 e. The largest absolute Gasteiger partial charge is 0.254 e. The molecule has 3 aromatic rings. The highest BCUT2D eigenvalue weighted by Crippen LogP contribution is 2.39. The zero-order valence-corrected chi connectivity index (χ0v) is 13.3. The Kier molecular flexibility index (Phi) is 3.11. The predicted molar refractivity (Wildman–Crippen MR) is 86.0 cm³/mol. The van der Waals surface area contributed by atoms with Crippen LogP contribution in [0.1, 0.15) is 22.4 Å². The number of aryl methyl sites for hydroxylation is 3. The molecule has 0 fully saturated rings. The average molecular weight is 305 g/mol. The zero-order valence-electron chi connectivity index (χ0n) is 11.8. The van der Waals surface area contributed by atoms with Gasteiger partial charge in [0.1, 0.15) is 0 Å². The van der Waals surface area contributed by atoms with Crippen LogP contribution in [0.2, 0.25) is 10.0 Å². The Morgan fingerprint density at radius 1 is 0.850 bits per heavy atom. The second-order valence-electron chi connectivity index (χ2n) is 5.13. The first-order valence-electron chi connectivity index (χ1n) is 6.43. The number of benzene rings is 1. The van der Waals surface area contributed by atoms with Crippen LogP contribution in [-0.2, 0) is 0 Å². The standard InChI is InChI=1S/C16H14Cl2N2/c1-7-8(2)12-9(3)14(18)13-11(17)5-6-19-15(13)16(12)20-10(7)4/h5-6H,1-4H3. The quantitative estimate of drug-likeness (QED) is 0.525. The Balaban J connectivity index is 2.72. The Hall–Kier alpha value is -1.38. The summed E-state index contributed by atoms with van der Waals surface area (Å²) in [5.41, 5.74) is 6.07. The van der Waals surface area contributed by atoms with Gasteiger partial charge in [-0.2, -0.15) is 0 Å². The van der Waals surface area contributed by atoms with E-state index in [9.17, 15) is 0 Å². The first kappa shape index (κ1) is 13.6. The molecule has 3 rings (SSSR count). The topological polar surface area (TPSA) is 25.8 Å². The van der Waals surface area contributed by atoms with Crippen molar-refractivity contribution < 1.29 is 0 Å². The van der Waals surface area contributed by atoms with Crippen molar-refractivity contribution in [2.24, 2.45) is 0 Å². The van der Waals surface area contributed by atoms with Gasteiger partial charge in [-0.05, 0) is 50.5 Å². The summed E-state index contributed by atoms with van der Waals surface area (Å²) in [6.45, 7) is 8.21. The predicted octanol–water partition coefficient (Wildman–Crippen LogP) is 5.32. The lowest BCUT2D eigenvalue weighted by molar-refractivity contribution is 1.16. The SMILES string of the molecule is Cc1nc2c(c(C)c1C)c(C)c(Cl)c1c(Cl)ccnc12. The summed E-state index contributed by atoms with van der Waals surface area (Å²) < 4.78 is 0. The van der Waals surface area contributed by atoms with Gasteiger partial charge in [0, 0.05) is 22.7 Å². The van der Waals surface area contributed by atoms with Gasteiger partial charge in [-0.1, -0.05) is 23.2 Å². The lowest BCUT2D eigenvalue weighted by Crippen LogP contribution is -1.98. The average Bonchev–Trinajstić information content (AvgIpc) is 2.41. The fourth-order valence-corrected chi connectivity index (χ4v) is 3.27. The molecule has 2 nitrogen and oxygen atoms in total. The van der Waals surface area contributed by atoms with E-state index in [1.807, 2.05) is 13.8 Å². The summed E-state index contributed by atoms with van der Waals surface area (Å²) in [5, 5.41) is 3.15. The van der Waals surface area contributed by atoms with Gasteiger partial charge in [0.2, 0.25) is 0 Å². The first-order valence-corrected chi connectivity index (χ1v) is 7.18. The number of nitrogens with zero attached hydrogens (tertiary/aromatic N) is 2. The normalized spacial score (nSPS) is 11.5. The zero-order chi connectivity index (χ0) is 14.6. The molecule has 2 aromatic heterocycles. The van der Waals surface area contributed by atoms with Crippen molar-refractivity contribution in [1.29, 1.82) is 0 Å². The molecule has 0 unspecified atom stereocenters. The van der Waals surface area contributed by atoms with E-state index in [1.165, 1.54) is 11.1 Å². The van der Waals surface area contributed by atoms with Gasteiger partial charge in [-0.15, -0.1) is 0 Å². The molecule has 4 heteroatoms. The van der Waals surface area contributed by atoms with E-state index in [-0.39, 0.29) is 0 Å². The van der Waals surface area contributed by atoms with E-state index >= 15 is 0 Å². The third kappa shape index (κ3) is 1.72. The van der Waals surface area contributed by atoms with Crippen LogP contribution < -0.4 is 0 Å². The van der Waals surface area contributed by atoms with Crippen molar-refractivity contribution in [1.82, 2.24) is 9.97 Å². The summed E-state index contributed by atoms with van der Waals surface area (Å²) in [6, 6.07) is 1.76. The van der Waals surface area contributed by atoms with Crippen molar-refractivity contribution in [2.75, 3.05) is 0 Å². The van der Waals surface area contributed by atoms with Crippen molar-refractivity contribution in [3.05, 3.63) is 44.7 Å². The Bertz CT molecular complexity index is 870. The van der Waals surface area contributed by atoms with Crippen LogP contribution in [0.25, 0.3) is 21.8 Å². The van der Waals surface area contributed by atoms with E-state index in [4.69, 9.17) is 28.2 Å². The minimum atomic E-state index is 0.614. The second-order valence-corrected chi connectivity index (χ2v) is 5.91. The molecule has 0 aliphatic rings. The Labute approximate surface area is 127 Å². The number of halogens is 2. The number of aromatic nitrogens is 2. The molecular weight excluding hydrogens is 291 g/mol. The Morgan fingerprint density at radius 2 is 1.55 bits per heavy atom. The molecule has 0 spiro atoms. The van der Waals surface area contributed by atoms with E-state index in [0.717, 1.165) is 33.1 Å². The molecular formula is C16H14Cl2N2. The second kappa shape index (κ2) is 4.57. The van der Waals surface area contributed by atoms with Crippen LogP contribution in [0, 0.1) is 27.7 Å². The molecule has 0 saturated heterocycles. The molecule has 0 atom stereocenters. The van der Waals surface area contributed by atoms with Crippen LogP contribution in [0.5, 0.6) is 0 Å². The fraction of sp³-hybridized carbons (Fsp3) is 0.250. The van der Waals surface area contributed by atoms with E-state index in [0.29, 0.717) is 10.0 Å². The summed E-state index contributed by atoms with van der Waals surface area (Å²) in [4.78, 5) is 9.18. The minimum absolute atomic E-state index is 0.614. The van der Waals surface area contributed by atoms with Crippen molar-refractivity contribution in [3.63, 3.8) is 0 Å². The maximum absolute atomic E-state index is 6.52. The smallest absolute Gasteiger partial charge is 0.0994 e. The first-order chi connectivity index (χ1) is 9.43. The molecule has 0 bridgehead atoms. The summed E-state index contributed by atoms with van der Waals surface area (Å²) in [7, 11) is 0. The number of hydrogen-bond donors (Lipinski definition) is 0. The lowest BCUT2D eigenvalue weighted by atomic mass is 9.97. The van der Waals surface area contributed by atoms with Crippen molar-refractivity contribution >= 4 is 45.0 Å². The van der Waals surface area contributed by atoms with Crippen molar-refractivity contribution in [2.45, 2.75) is 27.7 Å². The number of rotatable bonds is 0. The van der Waals surface area contributed by atoms with Gasteiger partial charge in [-0.3, -0.25) is 9.97 Å². The lowest BCUT2D eigenvalue weighted by Gasteiger charge is -2.15. The molecule has 0 amide bonds. The number of hydrogen-bond acceptors (Lipinski definition) is 2. The molecule has 0 aliphatic heterocycles. The highest BCUT2D eigenvalue weighted by Gasteiger charge is 2.17. The van der Waals surface area contributed by atoms with Crippen molar-refractivity contribution in [3.8, 4) is 0 Å². The van der Waals surface area contributed by atoms with E-state index < -0.39 is 0 Å². The minimum Gasteiger partial charge on any atom is -0.254 e. The van der Waals surface area contributed by atoms with Gasteiger partial charge >= 0.3 is 0 Å². The van der Waals surface area contributed by atoms with Crippen LogP contribution in [0.3, 0.4) is 0 Å². The highest BCUT2D eigenvalue weighted by atomic mass is 35.5. The van der Waals surface area contributed by atoms with Crippen LogP contribution >= 0.6 is 23.2 Å². The summed E-state index contributed by atoms with van der Waals surface area (Å²) >= 11 is 12.8. The van der Waals surface area contributed by atoms with Crippen LogP contribution in [-0.4, -0.2) is 9.97 Å². The summed E-state index contributed by atoms with van der Waals surface area (Å²) in [5.74, 6) is 0. The van der Waals surface area contributed by atoms with Gasteiger partial charge in [0.25, 0.3) is 0 Å². The molecule has 1 aromatic carbocycles. The molecule has 0 aliphatic carbocycles. The van der Waals surface area contributed by atoms with E-state index in [1.54, 1.807) is 12.3 Å². The molecule has 0 saturated carbocycles. The van der Waals surface area contributed by atoms with Gasteiger partial charge in [0.15, 0.2) is 0 Å². The molecule has 102 valence electrons. The molecule has 2 heterocycles. The Morgan fingerprint density at radius 3 is 2.25 bits per heavy atom. The fourth-order valence-electron chi connectivity index (χ4n) is 2.70. The van der Waals surface area contributed by atoms with Gasteiger partial charge in [0.05, 0.1) is 21.1 Å². The van der Waals surface area contributed by atoms with E-state index in [2.05, 4.69) is 18.8 Å². The van der Waals surface area contributed by atoms with Crippen LogP contribution in [0.15, 0.2) is 12.3 Å². The number of pyridine rings is 2. The monoisotopic (exact) mass is 304 g/mol. The maximum atomic E-state index is 6.52. The highest BCUT2D eigenvalue weighted by molar-refractivity contribution is 6.44. The molecule has 0 radical (unpaired) electrons. The third-order valence-electron chi connectivity index (χ3n) is 4.04. The molecule has 20 heavy (non-hydrogen) atoms. The van der Waals surface area contributed by atoms with Gasteiger partial charge < -0.3 is 0 Å². The summed E-state index contributed by atoms with van der Waals surface area (Å²) in [6.07, 6.45) is 1.70. The van der Waals surface area contributed by atoms with Crippen LogP contribution in [0.4, 0.5) is 0 Å².